The Balaban J connectivity index is 3.49. The van der Waals surface area contributed by atoms with Gasteiger partial charge in [-0.2, -0.15) is 0 Å². The van der Waals surface area contributed by atoms with Crippen LogP contribution in [0.15, 0.2) is 12.2 Å². The Morgan fingerprint density at radius 3 is 2.50 bits per heavy atom. The van der Waals surface area contributed by atoms with Crippen LogP contribution in [-0.4, -0.2) is 28.2 Å². The van der Waals surface area contributed by atoms with E-state index in [0.717, 1.165) is 0 Å². The molecule has 0 aromatic carbocycles. The van der Waals surface area contributed by atoms with Crippen LogP contribution in [0.2, 0.25) is 0 Å². The van der Waals surface area contributed by atoms with Crippen molar-refractivity contribution in [3.63, 3.8) is 0 Å². The molecule has 0 aromatic rings. The van der Waals surface area contributed by atoms with Crippen molar-refractivity contribution < 1.29 is 14.3 Å². The lowest BCUT2D eigenvalue weighted by atomic mass is 10.3. The van der Waals surface area contributed by atoms with E-state index in [1.807, 2.05) is 0 Å². The summed E-state index contributed by atoms with van der Waals surface area (Å²) < 4.78 is 4.62. The van der Waals surface area contributed by atoms with Crippen LogP contribution in [0.25, 0.3) is 0 Å². The maximum Gasteiger partial charge on any atom is 0.333 e. The second-order valence-electron chi connectivity index (χ2n) is 1.34. The molecule has 0 aliphatic heterocycles. The molecule has 0 spiro atoms. The van der Waals surface area contributed by atoms with E-state index in [-0.39, 0.29) is 12.2 Å². The minimum absolute atomic E-state index is 0.111. The van der Waals surface area contributed by atoms with Gasteiger partial charge in [0.25, 0.3) is 0 Å². The monoisotopic (exact) mass is 132 g/mol. The van der Waals surface area contributed by atoms with E-state index in [1.54, 1.807) is 0 Å². The van der Waals surface area contributed by atoms with Crippen molar-refractivity contribution in [2.75, 3.05) is 6.61 Å². The van der Waals surface area contributed by atoms with Crippen molar-refractivity contribution in [2.24, 2.45) is 0 Å². The van der Waals surface area contributed by atoms with Crippen LogP contribution in [0.3, 0.4) is 0 Å². The molecule has 8 heavy (non-hydrogen) atoms. The Labute approximate surface area is 50.5 Å². The maximum absolute atomic E-state index is 9.93. The number of hydrogen-bond donors (Lipinski definition) is 1. The Morgan fingerprint density at radius 2 is 2.38 bits per heavy atom. The third-order valence-corrected chi connectivity index (χ3v) is 0.910. The molecule has 0 heterocycles. The van der Waals surface area contributed by atoms with Crippen molar-refractivity contribution in [3.05, 3.63) is 12.2 Å². The van der Waals surface area contributed by atoms with Crippen LogP contribution in [0, 0.1) is 0 Å². The third kappa shape index (κ3) is 2.54. The molecule has 0 saturated heterocycles. The highest BCUT2D eigenvalue weighted by atomic mass is 28.2. The third-order valence-electron chi connectivity index (χ3n) is 0.621. The van der Waals surface area contributed by atoms with Gasteiger partial charge in [-0.05, 0) is 0 Å². The predicted octanol–water partition coefficient (Wildman–Crippen LogP) is -1.08. The van der Waals surface area contributed by atoms with E-state index >= 15 is 0 Å². The fraction of sp³-hybridized carbons (Fsp3) is 0.250. The van der Waals surface area contributed by atoms with Gasteiger partial charge < -0.3 is 9.53 Å². The molecule has 0 amide bonds. The van der Waals surface area contributed by atoms with E-state index in [4.69, 9.17) is 5.11 Å². The first-order valence-corrected chi connectivity index (χ1v) is 2.90. The van der Waals surface area contributed by atoms with Gasteiger partial charge in [0.1, 0.15) is 10.5 Å². The number of carboxylic acid groups (broad SMARTS) is 1. The van der Waals surface area contributed by atoms with E-state index in [0.29, 0.717) is 10.5 Å². The highest BCUT2D eigenvalue weighted by Gasteiger charge is 1.99. The first-order valence-electron chi connectivity index (χ1n) is 2.08. The molecule has 46 valence electrons. The Morgan fingerprint density at radius 1 is 1.88 bits per heavy atom. The van der Waals surface area contributed by atoms with Crippen LogP contribution in [0.4, 0.5) is 0 Å². The van der Waals surface area contributed by atoms with Crippen molar-refractivity contribution in [1.29, 1.82) is 0 Å². The summed E-state index contributed by atoms with van der Waals surface area (Å²) in [5.74, 6) is -0.985. The Kier molecular flexibility index (Phi) is 3.14. The summed E-state index contributed by atoms with van der Waals surface area (Å²) in [7, 11) is 0.559. The summed E-state index contributed by atoms with van der Waals surface area (Å²) in [5, 5.41) is 8.15. The molecule has 0 unspecified atom stereocenters. The van der Waals surface area contributed by atoms with Crippen LogP contribution in [0.5, 0.6) is 0 Å². The average Bonchev–Trinajstić information content (AvgIpc) is 1.67. The zero-order chi connectivity index (χ0) is 6.57. The fourth-order valence-electron chi connectivity index (χ4n) is 0.236. The van der Waals surface area contributed by atoms with Crippen molar-refractivity contribution in [2.45, 2.75) is 0 Å². The molecule has 0 saturated carbocycles. The van der Waals surface area contributed by atoms with E-state index in [2.05, 4.69) is 11.0 Å². The number of hydrogen-bond acceptors (Lipinski definition) is 2. The lowest BCUT2D eigenvalue weighted by Crippen LogP contribution is -2.04. The minimum atomic E-state index is -0.985. The normalized spacial score (nSPS) is 9.00. The minimum Gasteiger partial charge on any atom is -0.478 e. The molecule has 1 N–H and O–H groups in total. The van der Waals surface area contributed by atoms with Crippen molar-refractivity contribution in [3.8, 4) is 0 Å². The van der Waals surface area contributed by atoms with Gasteiger partial charge in [-0.1, -0.05) is 6.58 Å². The van der Waals surface area contributed by atoms with Gasteiger partial charge in [0, 0.05) is 0 Å². The number of rotatable bonds is 3. The largest absolute Gasteiger partial charge is 0.478 e. The number of carbonyl (C=O) groups is 1. The van der Waals surface area contributed by atoms with Gasteiger partial charge in [-0.25, -0.2) is 4.79 Å². The maximum atomic E-state index is 9.93. The molecule has 0 fully saturated rings. The average molecular weight is 132 g/mol. The molecule has 0 radical (unpaired) electrons. The summed E-state index contributed by atoms with van der Waals surface area (Å²) in [4.78, 5) is 9.93. The Bertz CT molecular complexity index is 110. The lowest BCUT2D eigenvalue weighted by molar-refractivity contribution is -0.132. The molecule has 3 nitrogen and oxygen atoms in total. The van der Waals surface area contributed by atoms with Gasteiger partial charge in [0.2, 0.25) is 0 Å². The van der Waals surface area contributed by atoms with Gasteiger partial charge >= 0.3 is 5.97 Å². The fourth-order valence-corrected chi connectivity index (χ4v) is 0.584. The SMILES string of the molecule is C=C(CO[SiH3])C(=O)O. The molecule has 0 atom stereocenters. The summed E-state index contributed by atoms with van der Waals surface area (Å²) in [5.41, 5.74) is 0.111. The highest BCUT2D eigenvalue weighted by Crippen LogP contribution is 1.87. The first kappa shape index (κ1) is 7.39. The standard InChI is InChI=1S/C4H8O3Si/c1-3(2-7-8)4(5)6/h1-2H2,8H3,(H,5,6). The van der Waals surface area contributed by atoms with Gasteiger partial charge in [-0.15, -0.1) is 0 Å². The second-order valence-corrected chi connectivity index (χ2v) is 1.92. The molecule has 0 aliphatic carbocycles. The summed E-state index contributed by atoms with van der Waals surface area (Å²) in [6.07, 6.45) is 0. The smallest absolute Gasteiger partial charge is 0.333 e. The molecule has 0 bridgehead atoms. The van der Waals surface area contributed by atoms with Crippen LogP contribution in [-0.2, 0) is 9.22 Å². The van der Waals surface area contributed by atoms with E-state index in [9.17, 15) is 4.79 Å². The zero-order valence-electron chi connectivity index (χ0n) is 4.68. The van der Waals surface area contributed by atoms with E-state index < -0.39 is 5.97 Å². The van der Waals surface area contributed by atoms with Gasteiger partial charge in [0.05, 0.1) is 12.2 Å². The van der Waals surface area contributed by atoms with Crippen LogP contribution < -0.4 is 0 Å². The lowest BCUT2D eigenvalue weighted by Gasteiger charge is -1.94. The quantitative estimate of drug-likeness (QED) is 0.392. The topological polar surface area (TPSA) is 46.5 Å². The predicted molar refractivity (Wildman–Crippen MR) is 32.7 cm³/mol. The summed E-state index contributed by atoms with van der Waals surface area (Å²) in [6, 6.07) is 0. The number of carboxylic acids is 1. The molecule has 0 rings (SSSR count). The van der Waals surface area contributed by atoms with E-state index in [1.165, 1.54) is 0 Å². The molecular weight excluding hydrogens is 124 g/mol. The zero-order valence-corrected chi connectivity index (χ0v) is 6.68. The Hall–Kier alpha value is -0.613. The first-order chi connectivity index (χ1) is 3.68. The number of aliphatic carboxylic acids is 1. The summed E-state index contributed by atoms with van der Waals surface area (Å²) in [6.45, 7) is 3.40. The van der Waals surface area contributed by atoms with Gasteiger partial charge in [0.15, 0.2) is 0 Å². The van der Waals surface area contributed by atoms with Gasteiger partial charge in [-0.3, -0.25) is 0 Å². The molecule has 0 aliphatic rings. The van der Waals surface area contributed by atoms with Crippen LogP contribution in [0.1, 0.15) is 0 Å². The van der Waals surface area contributed by atoms with Crippen molar-refractivity contribution >= 4 is 16.5 Å². The van der Waals surface area contributed by atoms with Crippen LogP contribution >= 0.6 is 0 Å². The van der Waals surface area contributed by atoms with Crippen molar-refractivity contribution in [1.82, 2.24) is 0 Å². The molecular formula is C4H8O3Si. The summed E-state index contributed by atoms with van der Waals surface area (Å²) >= 11 is 0. The molecule has 0 aromatic heterocycles. The second kappa shape index (κ2) is 3.40. The highest BCUT2D eigenvalue weighted by molar-refractivity contribution is 5.98. The molecule has 4 heteroatoms.